The predicted octanol–water partition coefficient (Wildman–Crippen LogP) is 3.01. The molecule has 4 rings (SSSR count). The molecule has 6 heteroatoms. The van der Waals surface area contributed by atoms with Crippen LogP contribution in [0.1, 0.15) is 36.0 Å². The first kappa shape index (κ1) is 14.1. The van der Waals surface area contributed by atoms with Crippen molar-refractivity contribution in [3.63, 3.8) is 0 Å². The van der Waals surface area contributed by atoms with Crippen molar-refractivity contribution in [3.05, 3.63) is 41.8 Å². The van der Waals surface area contributed by atoms with Gasteiger partial charge in [-0.2, -0.15) is 4.98 Å². The molecule has 0 amide bonds. The molecule has 118 valence electrons. The molecule has 1 aromatic carbocycles. The summed E-state index contributed by atoms with van der Waals surface area (Å²) in [4.78, 5) is 15.6. The largest absolute Gasteiger partial charge is 0.356 e. The molecule has 0 bridgehead atoms. The van der Waals surface area contributed by atoms with E-state index in [1.54, 1.807) is 6.33 Å². The normalized spacial score (nSPS) is 16.2. The molecule has 0 saturated carbocycles. The van der Waals surface area contributed by atoms with E-state index in [2.05, 4.69) is 50.1 Å². The minimum atomic E-state index is 0.349. The van der Waals surface area contributed by atoms with Crippen LogP contribution in [0.2, 0.25) is 0 Å². The average Bonchev–Trinajstić information content (AvgIpc) is 3.01. The Morgan fingerprint density at radius 2 is 1.96 bits per heavy atom. The fraction of sp³-hybridized carbons (Fsp3) is 0.412. The number of fused-ring (bicyclic) bond motifs is 1. The molecule has 1 fully saturated rings. The highest BCUT2D eigenvalue weighted by Gasteiger charge is 2.26. The molecule has 0 unspecified atom stereocenters. The van der Waals surface area contributed by atoms with Gasteiger partial charge in [-0.25, -0.2) is 9.97 Å². The summed E-state index contributed by atoms with van der Waals surface area (Å²) in [7, 11) is 0. The quantitative estimate of drug-likeness (QED) is 0.725. The molecule has 0 atom stereocenters. The van der Waals surface area contributed by atoms with Gasteiger partial charge < -0.3 is 9.42 Å². The molecular formula is C17H19N5O. The summed E-state index contributed by atoms with van der Waals surface area (Å²) >= 11 is 0. The van der Waals surface area contributed by atoms with Gasteiger partial charge in [-0.3, -0.25) is 0 Å². The van der Waals surface area contributed by atoms with Gasteiger partial charge in [0.1, 0.15) is 12.1 Å². The number of aryl methyl sites for hydroxylation is 2. The first-order valence-corrected chi connectivity index (χ1v) is 7.97. The molecule has 0 aliphatic carbocycles. The van der Waals surface area contributed by atoms with Crippen molar-refractivity contribution < 1.29 is 4.52 Å². The van der Waals surface area contributed by atoms with E-state index in [1.165, 1.54) is 5.56 Å². The van der Waals surface area contributed by atoms with Gasteiger partial charge in [0, 0.05) is 24.4 Å². The zero-order chi connectivity index (χ0) is 15.8. The van der Waals surface area contributed by atoms with Crippen molar-refractivity contribution in [2.45, 2.75) is 32.6 Å². The van der Waals surface area contributed by atoms with E-state index in [1.807, 2.05) is 6.92 Å². The zero-order valence-corrected chi connectivity index (χ0v) is 13.4. The molecule has 3 aromatic rings. The van der Waals surface area contributed by atoms with Gasteiger partial charge in [-0.1, -0.05) is 16.8 Å². The molecule has 0 radical (unpaired) electrons. The first-order valence-electron chi connectivity index (χ1n) is 7.97. The van der Waals surface area contributed by atoms with E-state index >= 15 is 0 Å². The Kier molecular flexibility index (Phi) is 3.44. The fourth-order valence-corrected chi connectivity index (χ4v) is 3.23. The third kappa shape index (κ3) is 2.65. The van der Waals surface area contributed by atoms with Gasteiger partial charge in [0.2, 0.25) is 5.89 Å². The molecule has 1 aliphatic rings. The van der Waals surface area contributed by atoms with Crippen LogP contribution in [0.15, 0.2) is 29.0 Å². The molecular weight excluding hydrogens is 290 g/mol. The maximum Gasteiger partial charge on any atom is 0.229 e. The summed E-state index contributed by atoms with van der Waals surface area (Å²) in [6, 6.07) is 6.31. The average molecular weight is 309 g/mol. The molecule has 2 aromatic heterocycles. The van der Waals surface area contributed by atoms with Crippen molar-refractivity contribution in [2.75, 3.05) is 18.0 Å². The Hall–Kier alpha value is -2.50. The predicted molar refractivity (Wildman–Crippen MR) is 87.5 cm³/mol. The summed E-state index contributed by atoms with van der Waals surface area (Å²) in [6.07, 6.45) is 3.65. The Labute approximate surface area is 134 Å². The molecule has 1 saturated heterocycles. The number of rotatable bonds is 2. The van der Waals surface area contributed by atoms with Crippen LogP contribution in [0.3, 0.4) is 0 Å². The molecule has 0 N–H and O–H groups in total. The lowest BCUT2D eigenvalue weighted by Crippen LogP contribution is -2.33. The minimum Gasteiger partial charge on any atom is -0.356 e. The molecule has 23 heavy (non-hydrogen) atoms. The maximum absolute atomic E-state index is 5.33. The van der Waals surface area contributed by atoms with E-state index in [0.717, 1.165) is 48.5 Å². The van der Waals surface area contributed by atoms with Crippen LogP contribution in [-0.4, -0.2) is 33.2 Å². The van der Waals surface area contributed by atoms with E-state index in [0.29, 0.717) is 11.7 Å². The number of aromatic nitrogens is 4. The first-order chi connectivity index (χ1) is 11.2. The van der Waals surface area contributed by atoms with Crippen molar-refractivity contribution in [3.8, 4) is 0 Å². The van der Waals surface area contributed by atoms with Gasteiger partial charge in [-0.15, -0.1) is 0 Å². The van der Waals surface area contributed by atoms with Crippen LogP contribution in [0.25, 0.3) is 10.9 Å². The summed E-state index contributed by atoms with van der Waals surface area (Å²) in [5.41, 5.74) is 2.22. The van der Waals surface area contributed by atoms with E-state index in [9.17, 15) is 0 Å². The van der Waals surface area contributed by atoms with Gasteiger partial charge in [0.15, 0.2) is 5.82 Å². The summed E-state index contributed by atoms with van der Waals surface area (Å²) < 4.78 is 5.33. The Bertz CT molecular complexity index is 836. The Balaban J connectivity index is 1.58. The van der Waals surface area contributed by atoms with Crippen LogP contribution in [0.4, 0.5) is 5.82 Å². The summed E-state index contributed by atoms with van der Waals surface area (Å²) in [6.45, 7) is 5.83. The molecule has 6 nitrogen and oxygen atoms in total. The highest BCUT2D eigenvalue weighted by Crippen LogP contribution is 2.31. The van der Waals surface area contributed by atoms with E-state index in [4.69, 9.17) is 4.52 Å². The number of piperidine rings is 1. The van der Waals surface area contributed by atoms with Crippen LogP contribution in [0.5, 0.6) is 0 Å². The Morgan fingerprint density at radius 1 is 1.13 bits per heavy atom. The monoisotopic (exact) mass is 309 g/mol. The maximum atomic E-state index is 5.33. The van der Waals surface area contributed by atoms with Gasteiger partial charge >= 0.3 is 0 Å². The number of benzene rings is 1. The summed E-state index contributed by atoms with van der Waals surface area (Å²) in [5, 5.41) is 5.02. The third-order valence-electron chi connectivity index (χ3n) is 4.46. The molecule has 0 spiro atoms. The number of nitrogens with zero attached hydrogens (tertiary/aromatic N) is 5. The molecule has 1 aliphatic heterocycles. The van der Waals surface area contributed by atoms with Crippen molar-refractivity contribution in [1.82, 2.24) is 20.1 Å². The number of anilines is 1. The van der Waals surface area contributed by atoms with Crippen LogP contribution < -0.4 is 4.90 Å². The zero-order valence-electron chi connectivity index (χ0n) is 13.4. The number of hydrogen-bond acceptors (Lipinski definition) is 6. The molecule has 3 heterocycles. The fourth-order valence-electron chi connectivity index (χ4n) is 3.23. The lowest BCUT2D eigenvalue weighted by atomic mass is 9.96. The summed E-state index contributed by atoms with van der Waals surface area (Å²) in [5.74, 6) is 2.85. The lowest BCUT2D eigenvalue weighted by Gasteiger charge is -2.31. The SMILES string of the molecule is Cc1ccc2ncnc(N3CCC(c4nc(C)no4)CC3)c2c1. The third-order valence-corrected chi connectivity index (χ3v) is 4.46. The highest BCUT2D eigenvalue weighted by molar-refractivity contribution is 5.89. The number of hydrogen-bond donors (Lipinski definition) is 0. The standard InChI is InChI=1S/C17H19N5O/c1-11-3-4-15-14(9-11)16(19-10-18-15)22-7-5-13(6-8-22)17-20-12(2)21-23-17/h3-4,9-10,13H,5-8H2,1-2H3. The van der Waals surface area contributed by atoms with Crippen molar-refractivity contribution in [1.29, 1.82) is 0 Å². The van der Waals surface area contributed by atoms with Crippen molar-refractivity contribution in [2.24, 2.45) is 0 Å². The lowest BCUT2D eigenvalue weighted by molar-refractivity contribution is 0.327. The topological polar surface area (TPSA) is 67.9 Å². The minimum absolute atomic E-state index is 0.349. The van der Waals surface area contributed by atoms with Crippen LogP contribution in [0, 0.1) is 13.8 Å². The Morgan fingerprint density at radius 3 is 2.70 bits per heavy atom. The van der Waals surface area contributed by atoms with Gasteiger partial charge in [-0.05, 0) is 38.8 Å². The van der Waals surface area contributed by atoms with Crippen LogP contribution >= 0.6 is 0 Å². The van der Waals surface area contributed by atoms with Crippen LogP contribution in [-0.2, 0) is 0 Å². The second-order valence-corrected chi connectivity index (χ2v) is 6.16. The second kappa shape index (κ2) is 5.61. The second-order valence-electron chi connectivity index (χ2n) is 6.16. The van der Waals surface area contributed by atoms with E-state index in [-0.39, 0.29) is 0 Å². The van der Waals surface area contributed by atoms with Gasteiger partial charge in [0.25, 0.3) is 0 Å². The highest BCUT2D eigenvalue weighted by atomic mass is 16.5. The smallest absolute Gasteiger partial charge is 0.229 e. The van der Waals surface area contributed by atoms with Crippen molar-refractivity contribution >= 4 is 16.7 Å². The van der Waals surface area contributed by atoms with E-state index < -0.39 is 0 Å². The van der Waals surface area contributed by atoms with Gasteiger partial charge in [0.05, 0.1) is 5.52 Å².